The fourth-order valence-electron chi connectivity index (χ4n) is 2.44. The Kier molecular flexibility index (Phi) is 4.35. The maximum absolute atomic E-state index is 10.5. The number of carboxylic acids is 1. The number of nitrogens with two attached hydrogens (primary N) is 1. The van der Waals surface area contributed by atoms with Crippen LogP contribution >= 0.6 is 0 Å². The number of hydrogen-bond donors (Lipinski definition) is 3. The van der Waals surface area contributed by atoms with Gasteiger partial charge >= 0.3 is 5.97 Å². The maximum Gasteiger partial charge on any atom is 0.304 e. The highest BCUT2D eigenvalue weighted by Gasteiger charge is 2.29. The third kappa shape index (κ3) is 2.96. The lowest BCUT2D eigenvalue weighted by molar-refractivity contribution is -0.137. The van der Waals surface area contributed by atoms with Crippen LogP contribution in [0.2, 0.25) is 0 Å². The monoisotopic (exact) mass is 200 g/mol. The van der Waals surface area contributed by atoms with Gasteiger partial charge in [0.1, 0.15) is 0 Å². The lowest BCUT2D eigenvalue weighted by Crippen LogP contribution is -2.48. The predicted molar refractivity (Wildman–Crippen MR) is 55.0 cm³/mol. The standard InChI is InChI=1S/C10H20N2O2/c1-12-10(7-4-2-3-5-7)8(11)6-9(13)14/h7-8,10,12H,2-6,11H2,1H3,(H,13,14). The molecule has 0 bridgehead atoms. The molecule has 82 valence electrons. The van der Waals surface area contributed by atoms with Crippen molar-refractivity contribution in [2.45, 2.75) is 44.2 Å². The fourth-order valence-corrected chi connectivity index (χ4v) is 2.44. The van der Waals surface area contributed by atoms with Crippen molar-refractivity contribution in [2.24, 2.45) is 11.7 Å². The van der Waals surface area contributed by atoms with Crippen LogP contribution in [-0.4, -0.2) is 30.2 Å². The lowest BCUT2D eigenvalue weighted by atomic mass is 9.91. The summed E-state index contributed by atoms with van der Waals surface area (Å²) in [5.41, 5.74) is 5.87. The lowest BCUT2D eigenvalue weighted by Gasteiger charge is -2.27. The van der Waals surface area contributed by atoms with Crippen molar-refractivity contribution < 1.29 is 9.90 Å². The Bertz CT molecular complexity index is 191. The summed E-state index contributed by atoms with van der Waals surface area (Å²) in [5.74, 6) is -0.245. The van der Waals surface area contributed by atoms with Gasteiger partial charge in [0.15, 0.2) is 0 Å². The number of carbonyl (C=O) groups is 1. The van der Waals surface area contributed by atoms with Gasteiger partial charge in [-0.1, -0.05) is 12.8 Å². The molecule has 0 radical (unpaired) electrons. The van der Waals surface area contributed by atoms with Gasteiger partial charge in [-0.15, -0.1) is 0 Å². The highest BCUT2D eigenvalue weighted by Crippen LogP contribution is 2.29. The van der Waals surface area contributed by atoms with Crippen molar-refractivity contribution >= 4 is 5.97 Å². The molecule has 0 saturated heterocycles. The summed E-state index contributed by atoms with van der Waals surface area (Å²) in [6.45, 7) is 0. The van der Waals surface area contributed by atoms with Gasteiger partial charge < -0.3 is 16.2 Å². The van der Waals surface area contributed by atoms with Crippen LogP contribution in [0.1, 0.15) is 32.1 Å². The van der Waals surface area contributed by atoms with Crippen molar-refractivity contribution in [3.05, 3.63) is 0 Å². The van der Waals surface area contributed by atoms with E-state index in [2.05, 4.69) is 5.32 Å². The summed E-state index contributed by atoms with van der Waals surface area (Å²) < 4.78 is 0. The quantitative estimate of drug-likeness (QED) is 0.606. The van der Waals surface area contributed by atoms with E-state index in [-0.39, 0.29) is 18.5 Å². The Morgan fingerprint density at radius 3 is 2.57 bits per heavy atom. The maximum atomic E-state index is 10.5. The number of aliphatic carboxylic acids is 1. The first kappa shape index (κ1) is 11.5. The minimum absolute atomic E-state index is 0.0575. The third-order valence-electron chi connectivity index (χ3n) is 3.11. The molecule has 0 amide bonds. The molecule has 0 aromatic heterocycles. The topological polar surface area (TPSA) is 75.3 Å². The smallest absolute Gasteiger partial charge is 0.304 e. The van der Waals surface area contributed by atoms with Gasteiger partial charge in [-0.2, -0.15) is 0 Å². The molecule has 0 aromatic rings. The van der Waals surface area contributed by atoms with E-state index in [9.17, 15) is 4.79 Å². The first-order valence-corrected chi connectivity index (χ1v) is 5.29. The average molecular weight is 200 g/mol. The van der Waals surface area contributed by atoms with E-state index in [1.807, 2.05) is 7.05 Å². The van der Waals surface area contributed by atoms with Gasteiger partial charge in [-0.25, -0.2) is 0 Å². The molecule has 1 saturated carbocycles. The van der Waals surface area contributed by atoms with Gasteiger partial charge in [0.2, 0.25) is 0 Å². The zero-order valence-electron chi connectivity index (χ0n) is 8.70. The number of likely N-dealkylation sites (N-methyl/N-ethyl adjacent to an activating group) is 1. The highest BCUT2D eigenvalue weighted by molar-refractivity contribution is 5.67. The Hall–Kier alpha value is -0.610. The van der Waals surface area contributed by atoms with E-state index >= 15 is 0 Å². The Labute approximate surface area is 84.9 Å². The number of carboxylic acid groups (broad SMARTS) is 1. The molecule has 4 heteroatoms. The molecule has 2 atom stereocenters. The molecule has 1 aliphatic carbocycles. The zero-order chi connectivity index (χ0) is 10.6. The van der Waals surface area contributed by atoms with Crippen molar-refractivity contribution in [2.75, 3.05) is 7.05 Å². The highest BCUT2D eigenvalue weighted by atomic mass is 16.4. The van der Waals surface area contributed by atoms with E-state index in [4.69, 9.17) is 10.8 Å². The molecule has 2 unspecified atom stereocenters. The Balaban J connectivity index is 2.46. The summed E-state index contributed by atoms with van der Waals surface area (Å²) in [4.78, 5) is 10.5. The van der Waals surface area contributed by atoms with Gasteiger partial charge in [-0.3, -0.25) is 4.79 Å². The number of nitrogens with one attached hydrogen (secondary N) is 1. The summed E-state index contributed by atoms with van der Waals surface area (Å²) in [6, 6.07) is -0.103. The molecule has 1 rings (SSSR count). The van der Waals surface area contributed by atoms with Crippen LogP contribution in [0.4, 0.5) is 0 Å². The van der Waals surface area contributed by atoms with Gasteiger partial charge in [0.25, 0.3) is 0 Å². The number of rotatable bonds is 5. The third-order valence-corrected chi connectivity index (χ3v) is 3.11. The second-order valence-electron chi connectivity index (χ2n) is 4.12. The Morgan fingerprint density at radius 1 is 1.57 bits per heavy atom. The van der Waals surface area contributed by atoms with Crippen LogP contribution in [0.3, 0.4) is 0 Å². The zero-order valence-corrected chi connectivity index (χ0v) is 8.70. The molecule has 4 N–H and O–H groups in total. The van der Waals surface area contributed by atoms with Crippen molar-refractivity contribution in [3.8, 4) is 0 Å². The molecular formula is C10H20N2O2. The van der Waals surface area contributed by atoms with Crippen molar-refractivity contribution in [3.63, 3.8) is 0 Å². The van der Waals surface area contributed by atoms with Crippen LogP contribution in [0.15, 0.2) is 0 Å². The van der Waals surface area contributed by atoms with Crippen LogP contribution in [0.25, 0.3) is 0 Å². The molecule has 0 aliphatic heterocycles. The number of hydrogen-bond acceptors (Lipinski definition) is 3. The van der Waals surface area contributed by atoms with E-state index < -0.39 is 5.97 Å². The van der Waals surface area contributed by atoms with Crippen LogP contribution in [0.5, 0.6) is 0 Å². The van der Waals surface area contributed by atoms with Crippen LogP contribution < -0.4 is 11.1 Å². The first-order chi connectivity index (χ1) is 6.65. The summed E-state index contributed by atoms with van der Waals surface area (Å²) in [7, 11) is 1.87. The minimum atomic E-state index is -0.809. The van der Waals surface area contributed by atoms with Crippen LogP contribution in [-0.2, 0) is 4.79 Å². The molecule has 1 fully saturated rings. The predicted octanol–water partition coefficient (Wildman–Crippen LogP) is 0.567. The van der Waals surface area contributed by atoms with Crippen molar-refractivity contribution in [1.29, 1.82) is 0 Å². The molecular weight excluding hydrogens is 180 g/mol. The molecule has 4 nitrogen and oxygen atoms in total. The second kappa shape index (κ2) is 5.32. The van der Waals surface area contributed by atoms with Crippen LogP contribution in [0, 0.1) is 5.92 Å². The van der Waals surface area contributed by atoms with E-state index in [0.29, 0.717) is 5.92 Å². The SMILES string of the molecule is CNC(C(N)CC(=O)O)C1CCCC1. The van der Waals surface area contributed by atoms with E-state index in [0.717, 1.165) is 0 Å². The molecule has 14 heavy (non-hydrogen) atoms. The fraction of sp³-hybridized carbons (Fsp3) is 0.900. The normalized spacial score (nSPS) is 22.1. The second-order valence-corrected chi connectivity index (χ2v) is 4.12. The molecule has 0 heterocycles. The Morgan fingerprint density at radius 2 is 2.14 bits per heavy atom. The average Bonchev–Trinajstić information content (AvgIpc) is 2.57. The minimum Gasteiger partial charge on any atom is -0.481 e. The summed E-state index contributed by atoms with van der Waals surface area (Å²) in [5, 5.41) is 11.8. The molecule has 1 aliphatic rings. The van der Waals surface area contributed by atoms with Gasteiger partial charge in [0, 0.05) is 12.1 Å². The van der Waals surface area contributed by atoms with Gasteiger partial charge in [-0.05, 0) is 25.8 Å². The summed E-state index contributed by atoms with van der Waals surface area (Å²) >= 11 is 0. The largest absolute Gasteiger partial charge is 0.481 e. The molecule has 0 spiro atoms. The van der Waals surface area contributed by atoms with Gasteiger partial charge in [0.05, 0.1) is 6.42 Å². The van der Waals surface area contributed by atoms with E-state index in [1.165, 1.54) is 25.7 Å². The summed E-state index contributed by atoms with van der Waals surface area (Å²) in [6.07, 6.45) is 4.92. The first-order valence-electron chi connectivity index (χ1n) is 5.29. The van der Waals surface area contributed by atoms with E-state index in [1.54, 1.807) is 0 Å². The molecule has 0 aromatic carbocycles. The van der Waals surface area contributed by atoms with Crippen molar-refractivity contribution in [1.82, 2.24) is 5.32 Å².